The molecule has 0 saturated carbocycles. The lowest BCUT2D eigenvalue weighted by molar-refractivity contribution is -0.166. The Hall–Kier alpha value is -2.77. The van der Waals surface area contributed by atoms with E-state index in [0.29, 0.717) is 22.8 Å². The molecule has 0 aliphatic heterocycles. The molecule has 2 aromatic rings. The number of Topliss-reactive ketones (excluding diaryl/α,β-unsaturated/α-hetero) is 1. The molecule has 0 aliphatic carbocycles. The first-order valence-corrected chi connectivity index (χ1v) is 12.0. The summed E-state index contributed by atoms with van der Waals surface area (Å²) in [4.78, 5) is 13.1. The Labute approximate surface area is 215 Å². The molecule has 0 saturated heterocycles. The van der Waals surface area contributed by atoms with E-state index in [4.69, 9.17) is 18.9 Å². The Morgan fingerprint density at radius 3 is 1.81 bits per heavy atom. The zero-order valence-electron chi connectivity index (χ0n) is 23.3. The summed E-state index contributed by atoms with van der Waals surface area (Å²) < 4.78 is 22.0. The number of ketones is 1. The maximum Gasteiger partial charge on any atom is 0.203 e. The number of aliphatic hydroxyl groups excluding tert-OH is 2. The van der Waals surface area contributed by atoms with Gasteiger partial charge in [0.15, 0.2) is 28.8 Å². The van der Waals surface area contributed by atoms with Crippen LogP contribution in [0.25, 0.3) is 0 Å². The summed E-state index contributed by atoms with van der Waals surface area (Å²) in [6, 6.07) is 9.44. The zero-order valence-corrected chi connectivity index (χ0v) is 23.3. The van der Waals surface area contributed by atoms with Gasteiger partial charge in [0.25, 0.3) is 0 Å². The summed E-state index contributed by atoms with van der Waals surface area (Å²) in [5.74, 6) is 0.989. The number of ether oxygens (including phenoxy) is 4. The van der Waals surface area contributed by atoms with Crippen LogP contribution in [-0.2, 0) is 0 Å². The molecule has 36 heavy (non-hydrogen) atoms. The maximum absolute atomic E-state index is 13.1. The number of carbonyl (C=O) groups is 1. The van der Waals surface area contributed by atoms with Crippen molar-refractivity contribution in [2.24, 2.45) is 16.2 Å². The number of methoxy groups -OCH3 is 3. The van der Waals surface area contributed by atoms with E-state index in [2.05, 4.69) is 41.5 Å². The highest BCUT2D eigenvalue weighted by atomic mass is 16.6. The van der Waals surface area contributed by atoms with E-state index in [1.165, 1.54) is 27.4 Å². The van der Waals surface area contributed by atoms with Crippen molar-refractivity contribution in [1.29, 1.82) is 0 Å². The Bertz CT molecular complexity index is 1050. The fourth-order valence-electron chi connectivity index (χ4n) is 4.33. The van der Waals surface area contributed by atoms with Crippen LogP contribution in [0, 0.1) is 16.2 Å². The minimum Gasteiger partial charge on any atom is -0.493 e. The number of benzene rings is 2. The van der Waals surface area contributed by atoms with Crippen molar-refractivity contribution in [1.82, 2.24) is 0 Å². The second kappa shape index (κ2) is 11.1. The first-order valence-electron chi connectivity index (χ1n) is 12.0. The molecule has 0 amide bonds. The van der Waals surface area contributed by atoms with Crippen LogP contribution in [0.15, 0.2) is 36.4 Å². The van der Waals surface area contributed by atoms with Gasteiger partial charge in [-0.05, 0) is 53.1 Å². The SMILES string of the molecule is COc1ccc(C(O)C(=O)c2ccc(OC(O)C(C)(CC(C)(C)C)C(C)(C)C)c(OC)c2)cc1OC. The molecule has 3 atom stereocenters. The van der Waals surface area contributed by atoms with Gasteiger partial charge in [-0.2, -0.15) is 0 Å². The van der Waals surface area contributed by atoms with E-state index in [-0.39, 0.29) is 22.1 Å². The smallest absolute Gasteiger partial charge is 0.203 e. The van der Waals surface area contributed by atoms with E-state index in [1.54, 1.807) is 30.3 Å². The molecular formula is C29H42O7. The molecule has 3 unspecified atom stereocenters. The Morgan fingerprint density at radius 1 is 0.778 bits per heavy atom. The van der Waals surface area contributed by atoms with Crippen molar-refractivity contribution < 1.29 is 34.0 Å². The van der Waals surface area contributed by atoms with Crippen LogP contribution in [-0.4, -0.2) is 43.6 Å². The Kier molecular flexibility index (Phi) is 9.08. The first-order chi connectivity index (χ1) is 16.6. The zero-order chi connectivity index (χ0) is 27.5. The lowest BCUT2D eigenvalue weighted by atomic mass is 9.61. The van der Waals surface area contributed by atoms with Crippen molar-refractivity contribution in [3.63, 3.8) is 0 Å². The average molecular weight is 503 g/mol. The van der Waals surface area contributed by atoms with Crippen LogP contribution >= 0.6 is 0 Å². The monoisotopic (exact) mass is 502 g/mol. The lowest BCUT2D eigenvalue weighted by Crippen LogP contribution is -2.48. The molecule has 2 rings (SSSR count). The van der Waals surface area contributed by atoms with E-state index in [0.717, 1.165) is 6.42 Å². The summed E-state index contributed by atoms with van der Waals surface area (Å²) in [7, 11) is 4.46. The molecule has 0 bridgehead atoms. The van der Waals surface area contributed by atoms with Crippen LogP contribution in [0.4, 0.5) is 0 Å². The van der Waals surface area contributed by atoms with Gasteiger partial charge >= 0.3 is 0 Å². The third kappa shape index (κ3) is 6.51. The lowest BCUT2D eigenvalue weighted by Gasteiger charge is -2.48. The van der Waals surface area contributed by atoms with Gasteiger partial charge in [0, 0.05) is 11.0 Å². The predicted octanol–water partition coefficient (Wildman–Crippen LogP) is 5.81. The van der Waals surface area contributed by atoms with Crippen LogP contribution in [0.1, 0.15) is 76.9 Å². The molecule has 2 N–H and O–H groups in total. The maximum atomic E-state index is 13.1. The molecule has 0 aliphatic rings. The van der Waals surface area contributed by atoms with Crippen molar-refractivity contribution in [3.8, 4) is 23.0 Å². The summed E-state index contributed by atoms with van der Waals surface area (Å²) in [5, 5.41) is 22.0. The molecule has 2 aromatic carbocycles. The second-order valence-electron chi connectivity index (χ2n) is 11.6. The number of rotatable bonds is 10. The van der Waals surface area contributed by atoms with Crippen LogP contribution in [0.5, 0.6) is 23.0 Å². The number of carbonyl (C=O) groups excluding carboxylic acids is 1. The number of hydrogen-bond acceptors (Lipinski definition) is 7. The van der Waals surface area contributed by atoms with Gasteiger partial charge in [-0.3, -0.25) is 4.79 Å². The largest absolute Gasteiger partial charge is 0.493 e. The van der Waals surface area contributed by atoms with Gasteiger partial charge in [0.05, 0.1) is 21.3 Å². The summed E-state index contributed by atoms with van der Waals surface area (Å²) in [6.07, 6.45) is -1.81. The second-order valence-corrected chi connectivity index (χ2v) is 11.6. The van der Waals surface area contributed by atoms with Crippen LogP contribution in [0.3, 0.4) is 0 Å². The van der Waals surface area contributed by atoms with Gasteiger partial charge < -0.3 is 29.2 Å². The molecule has 200 valence electrons. The van der Waals surface area contributed by atoms with Crippen molar-refractivity contribution in [2.75, 3.05) is 21.3 Å². The van der Waals surface area contributed by atoms with E-state index >= 15 is 0 Å². The third-order valence-electron chi connectivity index (χ3n) is 6.81. The van der Waals surface area contributed by atoms with Gasteiger partial charge in [0.1, 0.15) is 6.10 Å². The van der Waals surface area contributed by atoms with Crippen LogP contribution in [0.2, 0.25) is 0 Å². The van der Waals surface area contributed by atoms with Crippen LogP contribution < -0.4 is 18.9 Å². The summed E-state index contributed by atoms with van der Waals surface area (Å²) in [5.41, 5.74) is -0.256. The van der Waals surface area contributed by atoms with Gasteiger partial charge in [-0.1, -0.05) is 54.5 Å². The molecule has 0 spiro atoms. The highest BCUT2D eigenvalue weighted by Crippen LogP contribution is 2.49. The molecule has 0 fully saturated rings. The molecule has 0 heterocycles. The topological polar surface area (TPSA) is 94.5 Å². The normalized spacial score (nSPS) is 15.4. The van der Waals surface area contributed by atoms with Gasteiger partial charge in [-0.15, -0.1) is 0 Å². The third-order valence-corrected chi connectivity index (χ3v) is 6.81. The molecule has 7 nitrogen and oxygen atoms in total. The fourth-order valence-corrected chi connectivity index (χ4v) is 4.33. The van der Waals surface area contributed by atoms with Crippen molar-refractivity contribution in [3.05, 3.63) is 47.5 Å². The number of aliphatic hydroxyl groups is 2. The minimum atomic E-state index is -1.41. The predicted molar refractivity (Wildman–Crippen MR) is 140 cm³/mol. The molecule has 7 heteroatoms. The summed E-state index contributed by atoms with van der Waals surface area (Å²) in [6.45, 7) is 14.7. The molecule has 0 aromatic heterocycles. The first kappa shape index (κ1) is 29.5. The summed E-state index contributed by atoms with van der Waals surface area (Å²) >= 11 is 0. The van der Waals surface area contributed by atoms with E-state index < -0.39 is 23.6 Å². The fraction of sp³-hybridized carbons (Fsp3) is 0.552. The quantitative estimate of drug-likeness (QED) is 0.312. The standard InChI is InChI=1S/C29H42O7/c1-27(2,3)17-29(7,28(4,5)6)26(32)36-21-14-12-19(16-23(21)35-10)25(31)24(30)18-11-13-20(33-8)22(15-18)34-9/h11-16,24,26,30,32H,17H2,1-10H3. The van der Waals surface area contributed by atoms with E-state index in [1.807, 2.05) is 6.92 Å². The minimum absolute atomic E-state index is 0.0347. The number of hydrogen-bond donors (Lipinski definition) is 2. The van der Waals surface area contributed by atoms with Crippen molar-refractivity contribution in [2.45, 2.75) is 67.3 Å². The Morgan fingerprint density at radius 2 is 1.31 bits per heavy atom. The van der Waals surface area contributed by atoms with Gasteiger partial charge in [0.2, 0.25) is 6.29 Å². The van der Waals surface area contributed by atoms with Crippen molar-refractivity contribution >= 4 is 5.78 Å². The van der Waals surface area contributed by atoms with Gasteiger partial charge in [-0.25, -0.2) is 0 Å². The highest BCUT2D eigenvalue weighted by Gasteiger charge is 2.47. The Balaban J connectivity index is 2.34. The average Bonchev–Trinajstić information content (AvgIpc) is 2.80. The van der Waals surface area contributed by atoms with E-state index in [9.17, 15) is 15.0 Å². The molecule has 0 radical (unpaired) electrons. The highest BCUT2D eigenvalue weighted by molar-refractivity contribution is 6.00. The molecular weight excluding hydrogens is 460 g/mol.